The number of fused-ring (bicyclic) bond motifs is 6. The minimum atomic E-state index is -0.0903. The van der Waals surface area contributed by atoms with Crippen molar-refractivity contribution in [3.05, 3.63) is 213 Å². The number of anilines is 6. The Balaban J connectivity index is 1.08. The van der Waals surface area contributed by atoms with Crippen LogP contribution in [0.15, 0.2) is 158 Å². The molecule has 10 rings (SSSR count). The third-order valence-electron chi connectivity index (χ3n) is 14.1. The minimum absolute atomic E-state index is 0.0903. The number of hydrogen-bond donors (Lipinski definition) is 0. The van der Waals surface area contributed by atoms with E-state index in [-0.39, 0.29) is 10.8 Å². The van der Waals surface area contributed by atoms with Crippen LogP contribution in [0, 0.1) is 41.5 Å². The molecule has 0 bridgehead atoms. The van der Waals surface area contributed by atoms with Crippen LogP contribution < -0.4 is 9.80 Å². The first-order chi connectivity index (χ1) is 29.8. The Morgan fingerprint density at radius 3 is 1.00 bits per heavy atom. The molecule has 0 aromatic heterocycles. The van der Waals surface area contributed by atoms with Crippen molar-refractivity contribution in [2.24, 2.45) is 0 Å². The zero-order valence-corrected chi connectivity index (χ0v) is 37.9. The zero-order chi connectivity index (χ0) is 43.2. The molecule has 2 heteroatoms. The Morgan fingerprint density at radius 1 is 0.306 bits per heavy atom. The lowest BCUT2D eigenvalue weighted by atomic mass is 9.82. The molecule has 8 aromatic rings. The fourth-order valence-electron chi connectivity index (χ4n) is 11.0. The van der Waals surface area contributed by atoms with Gasteiger partial charge in [0.1, 0.15) is 0 Å². The van der Waals surface area contributed by atoms with Gasteiger partial charge in [-0.25, -0.2) is 0 Å². The van der Waals surface area contributed by atoms with Gasteiger partial charge in [0.15, 0.2) is 0 Å². The van der Waals surface area contributed by atoms with Gasteiger partial charge < -0.3 is 9.80 Å². The van der Waals surface area contributed by atoms with Crippen LogP contribution >= 0.6 is 0 Å². The minimum Gasteiger partial charge on any atom is -0.310 e. The maximum atomic E-state index is 2.50. The monoisotopic (exact) mass is 804 g/mol. The predicted octanol–water partition coefficient (Wildman–Crippen LogP) is 16.8. The van der Waals surface area contributed by atoms with Crippen molar-refractivity contribution in [2.75, 3.05) is 9.80 Å². The van der Waals surface area contributed by atoms with Crippen LogP contribution in [0.5, 0.6) is 0 Å². The second kappa shape index (κ2) is 14.5. The molecule has 0 aliphatic heterocycles. The molecule has 0 radical (unpaired) electrons. The van der Waals surface area contributed by atoms with Crippen LogP contribution in [0.2, 0.25) is 0 Å². The van der Waals surface area contributed by atoms with Gasteiger partial charge in [0.25, 0.3) is 0 Å². The van der Waals surface area contributed by atoms with Crippen molar-refractivity contribution in [3.8, 4) is 33.4 Å². The number of para-hydroxylation sites is 2. The van der Waals surface area contributed by atoms with Crippen LogP contribution in [-0.2, 0) is 10.8 Å². The summed E-state index contributed by atoms with van der Waals surface area (Å²) in [4.78, 5) is 5.00. The van der Waals surface area contributed by atoms with Crippen LogP contribution in [0.25, 0.3) is 33.4 Å². The molecule has 0 saturated carbocycles. The summed E-state index contributed by atoms with van der Waals surface area (Å²) in [5, 5.41) is 0. The fourth-order valence-corrected chi connectivity index (χ4v) is 11.0. The smallest absolute Gasteiger partial charge is 0.0520 e. The Morgan fingerprint density at radius 2 is 0.629 bits per heavy atom. The number of aryl methyl sites for hydroxylation is 6. The average Bonchev–Trinajstić information content (AvgIpc) is 3.63. The van der Waals surface area contributed by atoms with E-state index < -0.39 is 0 Å². The van der Waals surface area contributed by atoms with E-state index in [1.165, 1.54) is 123 Å². The van der Waals surface area contributed by atoms with Gasteiger partial charge >= 0.3 is 0 Å². The number of hydrogen-bond acceptors (Lipinski definition) is 2. The molecular weight excluding hydrogens is 749 g/mol. The van der Waals surface area contributed by atoms with E-state index in [0.29, 0.717) is 0 Å². The summed E-state index contributed by atoms with van der Waals surface area (Å²) in [6.07, 6.45) is 0. The normalized spacial score (nSPS) is 13.9. The summed E-state index contributed by atoms with van der Waals surface area (Å²) >= 11 is 0. The second-order valence-electron chi connectivity index (χ2n) is 19.0. The van der Waals surface area contributed by atoms with Crippen molar-refractivity contribution in [1.82, 2.24) is 0 Å². The Kier molecular flexibility index (Phi) is 9.23. The summed E-state index contributed by atoms with van der Waals surface area (Å²) in [6.45, 7) is 23.1. The lowest BCUT2D eigenvalue weighted by molar-refractivity contribution is 0.660. The average molecular weight is 805 g/mol. The van der Waals surface area contributed by atoms with Crippen LogP contribution in [-0.4, -0.2) is 0 Å². The highest BCUT2D eigenvalue weighted by Gasteiger charge is 2.37. The van der Waals surface area contributed by atoms with Crippen LogP contribution in [0.4, 0.5) is 34.1 Å². The summed E-state index contributed by atoms with van der Waals surface area (Å²) in [7, 11) is 0. The molecule has 306 valence electrons. The van der Waals surface area contributed by atoms with E-state index >= 15 is 0 Å². The van der Waals surface area contributed by atoms with E-state index in [1.807, 2.05) is 0 Å². The number of rotatable bonds is 7. The molecule has 0 unspecified atom stereocenters. The molecular formula is C60H56N2. The Hall–Kier alpha value is -6.64. The number of nitrogens with zero attached hydrogens (tertiary/aromatic N) is 2. The summed E-state index contributed by atoms with van der Waals surface area (Å²) in [6, 6.07) is 59.2. The molecule has 0 N–H and O–H groups in total. The highest BCUT2D eigenvalue weighted by atomic mass is 15.2. The van der Waals surface area contributed by atoms with E-state index in [4.69, 9.17) is 0 Å². The maximum Gasteiger partial charge on any atom is 0.0520 e. The first-order valence-electron chi connectivity index (χ1n) is 22.2. The summed E-state index contributed by atoms with van der Waals surface area (Å²) in [5.41, 5.74) is 27.9. The quantitative estimate of drug-likeness (QED) is 0.158. The van der Waals surface area contributed by atoms with Gasteiger partial charge in [-0.15, -0.1) is 0 Å². The van der Waals surface area contributed by atoms with Gasteiger partial charge in [-0.1, -0.05) is 125 Å². The van der Waals surface area contributed by atoms with Gasteiger partial charge in [0.05, 0.1) is 11.4 Å². The van der Waals surface area contributed by atoms with Gasteiger partial charge in [0, 0.05) is 33.6 Å². The molecule has 62 heavy (non-hydrogen) atoms. The highest BCUT2D eigenvalue weighted by molar-refractivity contribution is 5.91. The van der Waals surface area contributed by atoms with Crippen LogP contribution in [0.3, 0.4) is 0 Å². The maximum absolute atomic E-state index is 2.50. The third-order valence-corrected chi connectivity index (χ3v) is 14.1. The SMILES string of the molecule is Cc1ccccc1N(c1ccc2c(c1)C(C)(C)c1ccccc1-2)c1c(C)cc(-c2cc(C)c(N(c3ccc4c(c3)C(C)(C)c3ccccc3-4)c3ccccc3C)c(C)c2)cc1C. The molecule has 2 aliphatic carbocycles. The van der Waals surface area contributed by atoms with Crippen molar-refractivity contribution in [2.45, 2.75) is 80.1 Å². The van der Waals surface area contributed by atoms with Gasteiger partial charge in [-0.05, 0) is 191 Å². The Labute approximate surface area is 369 Å². The van der Waals surface area contributed by atoms with E-state index in [2.05, 4.69) is 237 Å². The molecule has 0 atom stereocenters. The summed E-state index contributed by atoms with van der Waals surface area (Å²) in [5.74, 6) is 0. The first-order valence-corrected chi connectivity index (χ1v) is 22.2. The van der Waals surface area contributed by atoms with Crippen molar-refractivity contribution < 1.29 is 0 Å². The lowest BCUT2D eigenvalue weighted by Crippen LogP contribution is -2.18. The largest absolute Gasteiger partial charge is 0.310 e. The predicted molar refractivity (Wildman–Crippen MR) is 265 cm³/mol. The topological polar surface area (TPSA) is 6.48 Å². The van der Waals surface area contributed by atoms with E-state index in [1.54, 1.807) is 0 Å². The third kappa shape index (κ3) is 6.06. The van der Waals surface area contributed by atoms with Gasteiger partial charge in [-0.2, -0.15) is 0 Å². The van der Waals surface area contributed by atoms with Crippen molar-refractivity contribution >= 4 is 34.1 Å². The van der Waals surface area contributed by atoms with Crippen molar-refractivity contribution in [1.29, 1.82) is 0 Å². The molecule has 2 aliphatic rings. The second-order valence-corrected chi connectivity index (χ2v) is 19.0. The van der Waals surface area contributed by atoms with E-state index in [0.717, 1.165) is 0 Å². The first kappa shape index (κ1) is 39.5. The molecule has 2 nitrogen and oxygen atoms in total. The number of benzene rings is 8. The zero-order valence-electron chi connectivity index (χ0n) is 37.9. The molecule has 0 saturated heterocycles. The molecule has 0 amide bonds. The molecule has 8 aromatic carbocycles. The molecule has 0 fully saturated rings. The van der Waals surface area contributed by atoms with Crippen LogP contribution in [0.1, 0.15) is 83.3 Å². The lowest BCUT2D eigenvalue weighted by Gasteiger charge is -2.32. The van der Waals surface area contributed by atoms with E-state index in [9.17, 15) is 0 Å². The fraction of sp³-hybridized carbons (Fsp3) is 0.200. The standard InChI is InChI=1S/C60H56N2/c1-37-19-11-17-25-55(37)61(45-27-29-49-47-21-13-15-23-51(47)59(7,8)53(49)35-45)57-39(3)31-43(32-40(57)4)44-33-41(5)58(42(6)34-44)62(56-26-18-12-20-38(56)2)46-28-30-50-48-22-14-16-24-52(48)60(9,10)54(50)36-46/h11-36H,1-10H3. The van der Waals surface area contributed by atoms with Gasteiger partial charge in [-0.3, -0.25) is 0 Å². The van der Waals surface area contributed by atoms with Crippen molar-refractivity contribution in [3.63, 3.8) is 0 Å². The van der Waals surface area contributed by atoms with Gasteiger partial charge in [0.2, 0.25) is 0 Å². The summed E-state index contributed by atoms with van der Waals surface area (Å²) < 4.78 is 0. The molecule has 0 heterocycles. The molecule has 0 spiro atoms. The highest BCUT2D eigenvalue weighted by Crippen LogP contribution is 2.53. The Bertz CT molecular complexity index is 2850.